The number of benzene rings is 1. The van der Waals surface area contributed by atoms with Crippen LogP contribution in [-0.4, -0.2) is 63.4 Å². The summed E-state index contributed by atoms with van der Waals surface area (Å²) in [6.07, 6.45) is -13.9. The molecule has 0 atom stereocenters. The molecule has 4 radical (unpaired) electrons. The molecule has 1 rings (SSSR count). The molecule has 0 fully saturated rings. The number of aromatic hydroxyl groups is 1. The molecule has 0 aromatic heterocycles. The van der Waals surface area contributed by atoms with E-state index in [4.69, 9.17) is 20.2 Å². The fourth-order valence-electron chi connectivity index (χ4n) is 2.19. The quantitative estimate of drug-likeness (QED) is 0.308. The molecule has 0 aliphatic rings. The summed E-state index contributed by atoms with van der Waals surface area (Å²) in [5, 5.41) is 9.87. The van der Waals surface area contributed by atoms with Gasteiger partial charge in [-0.15, -0.1) is 0 Å². The third kappa shape index (κ3) is 4.74. The summed E-state index contributed by atoms with van der Waals surface area (Å²) in [5.41, 5.74) is -7.14. The van der Waals surface area contributed by atoms with Crippen molar-refractivity contribution >= 4 is 31.8 Å². The van der Waals surface area contributed by atoms with Gasteiger partial charge >= 0.3 is 23.9 Å². The largest absolute Gasteiger partial charge is 0.507 e. The third-order valence-electron chi connectivity index (χ3n) is 3.58. The number of phenolic OH excluding ortho intramolecular Hbond substituents is 1. The van der Waals surface area contributed by atoms with Gasteiger partial charge in [-0.25, -0.2) is 4.79 Å². The molecule has 28 heavy (non-hydrogen) atoms. The first-order valence-electron chi connectivity index (χ1n) is 7.06. The second-order valence-corrected chi connectivity index (χ2v) is 6.90. The zero-order chi connectivity index (χ0) is 22.1. The summed E-state index contributed by atoms with van der Waals surface area (Å²) in [4.78, 5) is 12.1. The number of esters is 1. The van der Waals surface area contributed by atoms with Crippen LogP contribution in [0.3, 0.4) is 0 Å². The minimum atomic E-state index is -6.47. The van der Waals surface area contributed by atoms with Gasteiger partial charge in [0.15, 0.2) is 0 Å². The zero-order valence-corrected chi connectivity index (χ0v) is 14.5. The standard InChI is InChI=1S/C13H10B2F6O6S/c14-3-6-1-2-7(8(4-15)9(6)22)10(23)27-11(12(16,17)18,13(19,20)21)5-28(24,25)26/h1-2,22H,3-5H2,(H,24,25,26). The molecule has 1 aromatic rings. The molecule has 0 spiro atoms. The van der Waals surface area contributed by atoms with Crippen LogP contribution in [0.15, 0.2) is 12.1 Å². The molecule has 0 saturated carbocycles. The first kappa shape index (κ1) is 24.1. The third-order valence-corrected chi connectivity index (χ3v) is 4.35. The van der Waals surface area contributed by atoms with Gasteiger partial charge < -0.3 is 9.84 Å². The van der Waals surface area contributed by atoms with Crippen molar-refractivity contribution in [2.45, 2.75) is 30.6 Å². The molecule has 0 amide bonds. The molecule has 2 N–H and O–H groups in total. The normalized spacial score (nSPS) is 13.4. The van der Waals surface area contributed by atoms with Crippen LogP contribution in [0.5, 0.6) is 5.75 Å². The molecule has 0 aliphatic heterocycles. The van der Waals surface area contributed by atoms with Crippen LogP contribution in [0, 0.1) is 0 Å². The summed E-state index contributed by atoms with van der Waals surface area (Å²) < 4.78 is 113. The fraction of sp³-hybridized carbons (Fsp3) is 0.462. The lowest BCUT2D eigenvalue weighted by Crippen LogP contribution is -2.63. The van der Waals surface area contributed by atoms with E-state index in [1.165, 1.54) is 0 Å². The second-order valence-electron chi connectivity index (χ2n) is 5.45. The van der Waals surface area contributed by atoms with Crippen LogP contribution in [0.1, 0.15) is 21.5 Å². The first-order chi connectivity index (χ1) is 12.5. The SMILES string of the molecule is [B]Cc1ccc(C(=O)OC(CS(=O)(=O)O)(C(F)(F)F)C(F)(F)F)c(C[B])c1O. The molecule has 0 heterocycles. The molecule has 0 aliphatic carbocycles. The Morgan fingerprint density at radius 2 is 1.54 bits per heavy atom. The predicted octanol–water partition coefficient (Wildman–Crippen LogP) is 1.64. The van der Waals surface area contributed by atoms with Crippen molar-refractivity contribution in [1.29, 1.82) is 0 Å². The number of hydrogen-bond donors (Lipinski definition) is 2. The molecule has 0 saturated heterocycles. The van der Waals surface area contributed by atoms with Gasteiger partial charge in [0.2, 0.25) is 0 Å². The highest BCUT2D eigenvalue weighted by molar-refractivity contribution is 7.85. The molecule has 6 nitrogen and oxygen atoms in total. The van der Waals surface area contributed by atoms with E-state index >= 15 is 0 Å². The average molecular weight is 430 g/mol. The lowest BCUT2D eigenvalue weighted by Gasteiger charge is -2.35. The summed E-state index contributed by atoms with van der Waals surface area (Å²) in [6, 6.07) is 1.63. The van der Waals surface area contributed by atoms with E-state index in [9.17, 15) is 44.7 Å². The second kappa shape index (κ2) is 7.85. The number of hydrogen-bond acceptors (Lipinski definition) is 5. The van der Waals surface area contributed by atoms with E-state index < -0.39 is 63.0 Å². The number of halogens is 6. The highest BCUT2D eigenvalue weighted by Gasteiger charge is 2.76. The predicted molar refractivity (Wildman–Crippen MR) is 83.7 cm³/mol. The summed E-state index contributed by atoms with van der Waals surface area (Å²) in [7, 11) is 4.62. The van der Waals surface area contributed by atoms with Gasteiger partial charge in [-0.1, -0.05) is 18.7 Å². The van der Waals surface area contributed by atoms with E-state index in [-0.39, 0.29) is 11.9 Å². The molecule has 0 bridgehead atoms. The van der Waals surface area contributed by atoms with E-state index in [1.54, 1.807) is 0 Å². The number of carbonyl (C=O) groups is 1. The van der Waals surface area contributed by atoms with Crippen LogP contribution in [0.4, 0.5) is 26.3 Å². The highest BCUT2D eigenvalue weighted by Crippen LogP contribution is 2.47. The molecule has 1 aromatic carbocycles. The van der Waals surface area contributed by atoms with Gasteiger partial charge in [0.25, 0.3) is 10.1 Å². The minimum Gasteiger partial charge on any atom is -0.507 e. The van der Waals surface area contributed by atoms with Crippen molar-refractivity contribution in [1.82, 2.24) is 0 Å². The zero-order valence-electron chi connectivity index (χ0n) is 13.6. The average Bonchev–Trinajstić information content (AvgIpc) is 2.50. The maximum Gasteiger partial charge on any atom is 0.438 e. The van der Waals surface area contributed by atoms with Gasteiger partial charge in [0, 0.05) is 5.56 Å². The van der Waals surface area contributed by atoms with Crippen molar-refractivity contribution in [3.05, 3.63) is 28.8 Å². The Bertz CT molecular complexity index is 838. The molecular formula is C13H10B2F6O6S. The number of carbonyl (C=O) groups excluding carboxylic acids is 1. The number of rotatable bonds is 6. The summed E-state index contributed by atoms with van der Waals surface area (Å²) >= 11 is 0. The Hall–Kier alpha value is -1.89. The van der Waals surface area contributed by atoms with Crippen molar-refractivity contribution in [2.24, 2.45) is 0 Å². The Morgan fingerprint density at radius 1 is 1.04 bits per heavy atom. The van der Waals surface area contributed by atoms with Gasteiger partial charge in [-0.05, 0) is 11.6 Å². The lowest BCUT2D eigenvalue weighted by molar-refractivity contribution is -0.356. The topological polar surface area (TPSA) is 101 Å². The van der Waals surface area contributed by atoms with Crippen LogP contribution in [0.25, 0.3) is 0 Å². The van der Waals surface area contributed by atoms with Crippen LogP contribution in [0.2, 0.25) is 0 Å². The smallest absolute Gasteiger partial charge is 0.438 e. The van der Waals surface area contributed by atoms with Gasteiger partial charge in [0.05, 0.1) is 21.3 Å². The Morgan fingerprint density at radius 3 is 1.89 bits per heavy atom. The van der Waals surface area contributed by atoms with E-state index in [1.807, 2.05) is 0 Å². The number of ether oxygens (including phenoxy) is 1. The molecular weight excluding hydrogens is 420 g/mol. The Labute approximate surface area is 157 Å². The van der Waals surface area contributed by atoms with Gasteiger partial charge in [-0.2, -0.15) is 34.8 Å². The Kier molecular flexibility index (Phi) is 6.77. The van der Waals surface area contributed by atoms with E-state index in [0.717, 1.165) is 6.07 Å². The van der Waals surface area contributed by atoms with Crippen LogP contribution < -0.4 is 0 Å². The maximum atomic E-state index is 13.2. The number of phenols is 1. The summed E-state index contributed by atoms with van der Waals surface area (Å²) in [6.45, 7) is 0. The van der Waals surface area contributed by atoms with E-state index in [2.05, 4.69) is 4.74 Å². The number of alkyl halides is 6. The molecule has 152 valence electrons. The Balaban J connectivity index is 3.61. The maximum absolute atomic E-state index is 13.2. The van der Waals surface area contributed by atoms with E-state index in [0.29, 0.717) is 6.07 Å². The van der Waals surface area contributed by atoms with Gasteiger partial charge in [-0.3, -0.25) is 4.55 Å². The van der Waals surface area contributed by atoms with Crippen molar-refractivity contribution in [2.75, 3.05) is 5.75 Å². The summed E-state index contributed by atoms with van der Waals surface area (Å²) in [5.74, 6) is -6.06. The highest BCUT2D eigenvalue weighted by atomic mass is 32.2. The molecule has 15 heteroatoms. The lowest BCUT2D eigenvalue weighted by atomic mass is 9.87. The van der Waals surface area contributed by atoms with Gasteiger partial charge in [0.1, 0.15) is 11.5 Å². The fourth-order valence-corrected chi connectivity index (χ4v) is 3.09. The monoisotopic (exact) mass is 430 g/mol. The van der Waals surface area contributed by atoms with Crippen LogP contribution >= 0.6 is 0 Å². The van der Waals surface area contributed by atoms with Crippen molar-refractivity contribution in [3.8, 4) is 5.75 Å². The van der Waals surface area contributed by atoms with Crippen LogP contribution in [-0.2, 0) is 27.5 Å². The minimum absolute atomic E-state index is 0.0205. The molecule has 0 unspecified atom stereocenters. The van der Waals surface area contributed by atoms with Crippen molar-refractivity contribution in [3.63, 3.8) is 0 Å². The first-order valence-corrected chi connectivity index (χ1v) is 8.67. The van der Waals surface area contributed by atoms with Crippen molar-refractivity contribution < 1.29 is 54.0 Å².